The Labute approximate surface area is 97.9 Å². The summed E-state index contributed by atoms with van der Waals surface area (Å²) >= 11 is 0. The van der Waals surface area contributed by atoms with Crippen molar-refractivity contribution in [2.45, 2.75) is 32.9 Å². The lowest BCUT2D eigenvalue weighted by atomic mass is 10.00. The largest absolute Gasteiger partial charge is 0.314 e. The van der Waals surface area contributed by atoms with Crippen LogP contribution in [-0.2, 0) is 6.54 Å². The molecule has 0 bridgehead atoms. The van der Waals surface area contributed by atoms with Crippen LogP contribution in [0.15, 0.2) is 18.3 Å². The fourth-order valence-corrected chi connectivity index (χ4v) is 2.10. The van der Waals surface area contributed by atoms with Crippen LogP contribution in [0.1, 0.15) is 25.1 Å². The van der Waals surface area contributed by atoms with Crippen LogP contribution in [0.25, 0.3) is 0 Å². The van der Waals surface area contributed by atoms with Gasteiger partial charge in [-0.1, -0.05) is 6.07 Å². The van der Waals surface area contributed by atoms with Gasteiger partial charge in [-0.05, 0) is 32.4 Å². The van der Waals surface area contributed by atoms with Crippen molar-refractivity contribution in [3.8, 4) is 0 Å². The van der Waals surface area contributed by atoms with Gasteiger partial charge in [-0.25, -0.2) is 0 Å². The van der Waals surface area contributed by atoms with Crippen molar-refractivity contribution in [1.29, 1.82) is 0 Å². The molecule has 0 radical (unpaired) electrons. The Hall–Kier alpha value is -0.930. The molecule has 0 amide bonds. The Balaban J connectivity index is 2.05. The van der Waals surface area contributed by atoms with E-state index >= 15 is 0 Å². The number of nitrogens with one attached hydrogen (secondary N) is 1. The zero-order valence-electron chi connectivity index (χ0n) is 10.5. The van der Waals surface area contributed by atoms with Gasteiger partial charge in [0.1, 0.15) is 0 Å². The van der Waals surface area contributed by atoms with Crippen molar-refractivity contribution in [2.75, 3.05) is 19.6 Å². The maximum absolute atomic E-state index is 4.48. The number of pyridine rings is 1. The number of aryl methyl sites for hydroxylation is 1. The van der Waals surface area contributed by atoms with E-state index in [1.807, 2.05) is 6.20 Å². The molecule has 0 saturated carbocycles. The zero-order valence-corrected chi connectivity index (χ0v) is 10.5. The minimum absolute atomic E-state index is 0.227. The van der Waals surface area contributed by atoms with Gasteiger partial charge in [0.05, 0.1) is 5.69 Å². The van der Waals surface area contributed by atoms with Gasteiger partial charge in [0.25, 0.3) is 0 Å². The monoisotopic (exact) mass is 219 g/mol. The summed E-state index contributed by atoms with van der Waals surface area (Å²) < 4.78 is 0. The van der Waals surface area contributed by atoms with E-state index < -0.39 is 0 Å². The van der Waals surface area contributed by atoms with Gasteiger partial charge < -0.3 is 5.32 Å². The summed E-state index contributed by atoms with van der Waals surface area (Å²) in [6.45, 7) is 10.8. The van der Waals surface area contributed by atoms with Crippen LogP contribution in [0.4, 0.5) is 0 Å². The van der Waals surface area contributed by atoms with E-state index in [4.69, 9.17) is 0 Å². The van der Waals surface area contributed by atoms with E-state index in [2.05, 4.69) is 48.1 Å². The van der Waals surface area contributed by atoms with Crippen LogP contribution in [-0.4, -0.2) is 35.1 Å². The minimum atomic E-state index is 0.227. The predicted octanol–water partition coefficient (Wildman–Crippen LogP) is 1.57. The van der Waals surface area contributed by atoms with Crippen molar-refractivity contribution in [1.82, 2.24) is 15.2 Å². The summed E-state index contributed by atoms with van der Waals surface area (Å²) in [5.41, 5.74) is 2.62. The summed E-state index contributed by atoms with van der Waals surface area (Å²) in [7, 11) is 0. The first-order valence-corrected chi connectivity index (χ1v) is 5.95. The molecule has 2 heterocycles. The molecule has 0 aromatic carbocycles. The molecule has 1 N–H and O–H groups in total. The molecule has 1 aliphatic heterocycles. The first kappa shape index (κ1) is 11.6. The Kier molecular flexibility index (Phi) is 3.26. The highest BCUT2D eigenvalue weighted by molar-refractivity contribution is 5.12. The zero-order chi connectivity index (χ0) is 11.6. The Morgan fingerprint density at radius 3 is 2.88 bits per heavy atom. The average Bonchev–Trinajstić information content (AvgIpc) is 2.24. The highest BCUT2D eigenvalue weighted by Gasteiger charge is 2.29. The molecule has 16 heavy (non-hydrogen) atoms. The molecule has 3 nitrogen and oxygen atoms in total. The molecule has 2 rings (SSSR count). The van der Waals surface area contributed by atoms with Gasteiger partial charge >= 0.3 is 0 Å². The third-order valence-electron chi connectivity index (χ3n) is 3.30. The first-order valence-electron chi connectivity index (χ1n) is 5.95. The number of hydrogen-bond donors (Lipinski definition) is 1. The molecule has 1 aliphatic rings. The second-order valence-electron chi connectivity index (χ2n) is 5.24. The summed E-state index contributed by atoms with van der Waals surface area (Å²) in [5.74, 6) is 0. The summed E-state index contributed by atoms with van der Waals surface area (Å²) in [5, 5.41) is 3.44. The minimum Gasteiger partial charge on any atom is -0.314 e. The van der Waals surface area contributed by atoms with E-state index in [1.165, 1.54) is 11.3 Å². The number of aromatic nitrogens is 1. The maximum atomic E-state index is 4.48. The molecule has 0 unspecified atom stereocenters. The van der Waals surface area contributed by atoms with E-state index in [0.717, 1.165) is 26.2 Å². The third kappa shape index (κ3) is 2.60. The molecule has 0 spiro atoms. The predicted molar refractivity (Wildman–Crippen MR) is 66.3 cm³/mol. The number of piperazine rings is 1. The second kappa shape index (κ2) is 4.52. The third-order valence-corrected chi connectivity index (χ3v) is 3.30. The van der Waals surface area contributed by atoms with Crippen LogP contribution in [0.3, 0.4) is 0 Å². The SMILES string of the molecule is Cc1ccc(CN2CCNCC2(C)C)nc1. The lowest BCUT2D eigenvalue weighted by Gasteiger charge is -2.42. The molecule has 1 fully saturated rings. The first-order chi connectivity index (χ1) is 7.58. The highest BCUT2D eigenvalue weighted by atomic mass is 15.2. The molecule has 0 aliphatic carbocycles. The van der Waals surface area contributed by atoms with Crippen LogP contribution in [0.2, 0.25) is 0 Å². The van der Waals surface area contributed by atoms with Crippen LogP contribution < -0.4 is 5.32 Å². The Morgan fingerprint density at radius 1 is 1.44 bits per heavy atom. The van der Waals surface area contributed by atoms with E-state index in [1.54, 1.807) is 0 Å². The van der Waals surface area contributed by atoms with Gasteiger partial charge in [0, 0.05) is 37.9 Å². The second-order valence-corrected chi connectivity index (χ2v) is 5.24. The molecule has 1 aromatic rings. The van der Waals surface area contributed by atoms with Crippen molar-refractivity contribution in [2.24, 2.45) is 0 Å². The number of hydrogen-bond acceptors (Lipinski definition) is 3. The van der Waals surface area contributed by atoms with Gasteiger partial charge in [0.2, 0.25) is 0 Å². The molecule has 1 saturated heterocycles. The van der Waals surface area contributed by atoms with Crippen molar-refractivity contribution in [3.05, 3.63) is 29.6 Å². The summed E-state index contributed by atoms with van der Waals surface area (Å²) in [6.07, 6.45) is 1.95. The summed E-state index contributed by atoms with van der Waals surface area (Å²) in [4.78, 5) is 6.98. The lowest BCUT2D eigenvalue weighted by molar-refractivity contribution is 0.0814. The fourth-order valence-electron chi connectivity index (χ4n) is 2.10. The molecule has 1 aromatic heterocycles. The molecule has 3 heteroatoms. The number of nitrogens with zero attached hydrogens (tertiary/aromatic N) is 2. The number of rotatable bonds is 2. The Morgan fingerprint density at radius 2 is 2.25 bits per heavy atom. The van der Waals surface area contributed by atoms with Gasteiger partial charge in [-0.2, -0.15) is 0 Å². The van der Waals surface area contributed by atoms with E-state index in [9.17, 15) is 0 Å². The van der Waals surface area contributed by atoms with Crippen LogP contribution in [0.5, 0.6) is 0 Å². The van der Waals surface area contributed by atoms with Crippen molar-refractivity contribution >= 4 is 0 Å². The molecule has 0 atom stereocenters. The standard InChI is InChI=1S/C13H21N3/c1-11-4-5-12(15-8-11)9-16-7-6-14-10-13(16,2)3/h4-5,8,14H,6-7,9-10H2,1-3H3. The maximum Gasteiger partial charge on any atom is 0.0544 e. The molecular formula is C13H21N3. The van der Waals surface area contributed by atoms with Crippen molar-refractivity contribution < 1.29 is 0 Å². The fraction of sp³-hybridized carbons (Fsp3) is 0.615. The molecule has 88 valence electrons. The molecular weight excluding hydrogens is 198 g/mol. The topological polar surface area (TPSA) is 28.2 Å². The quantitative estimate of drug-likeness (QED) is 0.818. The highest BCUT2D eigenvalue weighted by Crippen LogP contribution is 2.18. The van der Waals surface area contributed by atoms with Gasteiger partial charge in [0.15, 0.2) is 0 Å². The van der Waals surface area contributed by atoms with Gasteiger partial charge in [-0.3, -0.25) is 9.88 Å². The van der Waals surface area contributed by atoms with E-state index in [0.29, 0.717) is 0 Å². The average molecular weight is 219 g/mol. The lowest BCUT2D eigenvalue weighted by Crippen LogP contribution is -2.57. The van der Waals surface area contributed by atoms with Crippen LogP contribution in [0, 0.1) is 6.92 Å². The summed E-state index contributed by atoms with van der Waals surface area (Å²) in [6, 6.07) is 4.27. The smallest absolute Gasteiger partial charge is 0.0544 e. The Bertz CT molecular complexity index is 343. The van der Waals surface area contributed by atoms with Crippen LogP contribution >= 0.6 is 0 Å². The van der Waals surface area contributed by atoms with Gasteiger partial charge in [-0.15, -0.1) is 0 Å². The van der Waals surface area contributed by atoms with E-state index in [-0.39, 0.29) is 5.54 Å². The normalized spacial score (nSPS) is 20.9. The van der Waals surface area contributed by atoms with Crippen molar-refractivity contribution in [3.63, 3.8) is 0 Å².